The standard InChI is InChI=1S/C19H31N3O.2ClH/c1-14(2)13-18(20)19(23)21-17-9-11-22(12-10-17)15(3)16-7-5-4-6-8-16;;/h4-8,14-15,17-18H,9-13,20H2,1-3H3,(H,21,23);2*1H/t15?,18-;;/m0../s1. The van der Waals surface area contributed by atoms with Gasteiger partial charge in [-0.3, -0.25) is 9.69 Å². The lowest BCUT2D eigenvalue weighted by Crippen LogP contribution is -2.50. The van der Waals surface area contributed by atoms with Gasteiger partial charge >= 0.3 is 0 Å². The maximum absolute atomic E-state index is 12.1. The number of carbonyl (C=O) groups is 1. The molecule has 1 aliphatic heterocycles. The molecule has 1 aromatic rings. The van der Waals surface area contributed by atoms with Gasteiger partial charge in [-0.1, -0.05) is 44.2 Å². The highest BCUT2D eigenvalue weighted by atomic mass is 35.5. The molecule has 2 atom stereocenters. The van der Waals surface area contributed by atoms with E-state index in [1.165, 1.54) is 5.56 Å². The zero-order valence-corrected chi connectivity index (χ0v) is 17.1. The van der Waals surface area contributed by atoms with E-state index in [0.29, 0.717) is 12.0 Å². The number of nitrogens with zero attached hydrogens (tertiary/aromatic N) is 1. The number of carbonyl (C=O) groups excluding carboxylic acids is 1. The van der Waals surface area contributed by atoms with E-state index in [2.05, 4.69) is 61.3 Å². The molecule has 1 amide bonds. The molecule has 0 aliphatic carbocycles. The summed E-state index contributed by atoms with van der Waals surface area (Å²) in [6, 6.07) is 10.9. The van der Waals surface area contributed by atoms with Gasteiger partial charge in [-0.2, -0.15) is 0 Å². The van der Waals surface area contributed by atoms with Crippen molar-refractivity contribution in [2.45, 2.75) is 58.2 Å². The van der Waals surface area contributed by atoms with Gasteiger partial charge in [-0.05, 0) is 37.7 Å². The van der Waals surface area contributed by atoms with Crippen LogP contribution in [-0.4, -0.2) is 36.0 Å². The second-order valence-electron chi connectivity index (χ2n) is 7.14. The predicted octanol–water partition coefficient (Wildman–Crippen LogP) is 3.55. The first kappa shape index (κ1) is 24.2. The van der Waals surface area contributed by atoms with E-state index in [1.807, 2.05) is 0 Å². The average Bonchev–Trinajstić information content (AvgIpc) is 2.55. The lowest BCUT2D eigenvalue weighted by Gasteiger charge is -2.36. The predicted molar refractivity (Wildman–Crippen MR) is 110 cm³/mol. The van der Waals surface area contributed by atoms with Crippen molar-refractivity contribution in [2.75, 3.05) is 13.1 Å². The molecule has 25 heavy (non-hydrogen) atoms. The smallest absolute Gasteiger partial charge is 0.237 e. The number of hydrogen-bond donors (Lipinski definition) is 2. The van der Waals surface area contributed by atoms with E-state index in [9.17, 15) is 4.79 Å². The molecule has 1 unspecified atom stereocenters. The number of piperidine rings is 1. The molecule has 0 bridgehead atoms. The Labute approximate surface area is 164 Å². The Morgan fingerprint density at radius 1 is 1.16 bits per heavy atom. The number of hydrogen-bond acceptors (Lipinski definition) is 3. The first-order valence-corrected chi connectivity index (χ1v) is 8.82. The fourth-order valence-electron chi connectivity index (χ4n) is 3.30. The number of likely N-dealkylation sites (tertiary alicyclic amines) is 1. The Morgan fingerprint density at radius 3 is 2.24 bits per heavy atom. The third kappa shape index (κ3) is 7.53. The molecule has 1 aliphatic rings. The largest absolute Gasteiger partial charge is 0.352 e. The molecule has 0 radical (unpaired) electrons. The third-order valence-electron chi connectivity index (χ3n) is 4.77. The van der Waals surface area contributed by atoms with E-state index >= 15 is 0 Å². The third-order valence-corrected chi connectivity index (χ3v) is 4.77. The summed E-state index contributed by atoms with van der Waals surface area (Å²) in [6.07, 6.45) is 2.74. The van der Waals surface area contributed by atoms with Crippen LogP contribution in [0.15, 0.2) is 30.3 Å². The lowest BCUT2D eigenvalue weighted by molar-refractivity contribution is -0.123. The fraction of sp³-hybridized carbons (Fsp3) is 0.632. The Bertz CT molecular complexity index is 491. The van der Waals surface area contributed by atoms with Crippen molar-refractivity contribution in [3.8, 4) is 0 Å². The summed E-state index contributed by atoms with van der Waals surface area (Å²) in [6.45, 7) is 8.47. The summed E-state index contributed by atoms with van der Waals surface area (Å²) in [5.41, 5.74) is 7.32. The Balaban J connectivity index is 0.00000288. The molecule has 2 rings (SSSR count). The molecular formula is C19H33Cl2N3O. The number of nitrogens with two attached hydrogens (primary N) is 1. The summed E-state index contributed by atoms with van der Waals surface area (Å²) in [7, 11) is 0. The summed E-state index contributed by atoms with van der Waals surface area (Å²) in [5, 5.41) is 3.13. The zero-order valence-electron chi connectivity index (χ0n) is 15.5. The van der Waals surface area contributed by atoms with Crippen LogP contribution in [0.1, 0.15) is 51.6 Å². The van der Waals surface area contributed by atoms with Crippen molar-refractivity contribution in [3.05, 3.63) is 35.9 Å². The number of rotatable bonds is 6. The molecule has 6 heteroatoms. The SMILES string of the molecule is CC(C)C[C@H](N)C(=O)NC1CCN(C(C)c2ccccc2)CC1.Cl.Cl. The maximum atomic E-state index is 12.1. The molecular weight excluding hydrogens is 357 g/mol. The first-order chi connectivity index (χ1) is 11.0. The Morgan fingerprint density at radius 2 is 1.72 bits per heavy atom. The second-order valence-corrected chi connectivity index (χ2v) is 7.14. The minimum atomic E-state index is -0.378. The number of halogens is 2. The van der Waals surface area contributed by atoms with Gasteiger partial charge in [0.25, 0.3) is 0 Å². The van der Waals surface area contributed by atoms with Crippen molar-refractivity contribution in [2.24, 2.45) is 11.7 Å². The maximum Gasteiger partial charge on any atom is 0.237 e. The van der Waals surface area contributed by atoms with Gasteiger partial charge in [0, 0.05) is 25.2 Å². The van der Waals surface area contributed by atoms with Crippen molar-refractivity contribution in [1.82, 2.24) is 10.2 Å². The molecule has 0 aromatic heterocycles. The normalized spacial score (nSPS) is 18.0. The molecule has 0 saturated carbocycles. The molecule has 3 N–H and O–H groups in total. The molecule has 4 nitrogen and oxygen atoms in total. The summed E-state index contributed by atoms with van der Waals surface area (Å²) < 4.78 is 0. The minimum absolute atomic E-state index is 0. The average molecular weight is 390 g/mol. The highest BCUT2D eigenvalue weighted by Crippen LogP contribution is 2.24. The van der Waals surface area contributed by atoms with Crippen LogP contribution in [0.5, 0.6) is 0 Å². The van der Waals surface area contributed by atoms with Gasteiger partial charge in [-0.25, -0.2) is 0 Å². The highest BCUT2D eigenvalue weighted by Gasteiger charge is 2.25. The van der Waals surface area contributed by atoms with Crippen LogP contribution in [0, 0.1) is 5.92 Å². The van der Waals surface area contributed by atoms with Gasteiger partial charge in [0.1, 0.15) is 0 Å². The summed E-state index contributed by atoms with van der Waals surface area (Å²) in [5.74, 6) is 0.456. The fourth-order valence-corrected chi connectivity index (χ4v) is 3.30. The van der Waals surface area contributed by atoms with Gasteiger partial charge in [0.15, 0.2) is 0 Å². The molecule has 1 aromatic carbocycles. The van der Waals surface area contributed by atoms with E-state index in [4.69, 9.17) is 5.73 Å². The van der Waals surface area contributed by atoms with Crippen LogP contribution in [0.4, 0.5) is 0 Å². The van der Waals surface area contributed by atoms with Crippen LogP contribution >= 0.6 is 24.8 Å². The lowest BCUT2D eigenvalue weighted by atomic mass is 9.99. The van der Waals surface area contributed by atoms with Crippen LogP contribution in [0.25, 0.3) is 0 Å². The highest BCUT2D eigenvalue weighted by molar-refractivity contribution is 5.85. The molecule has 1 saturated heterocycles. The van der Waals surface area contributed by atoms with Crippen molar-refractivity contribution in [1.29, 1.82) is 0 Å². The number of benzene rings is 1. The van der Waals surface area contributed by atoms with Crippen LogP contribution in [0.3, 0.4) is 0 Å². The van der Waals surface area contributed by atoms with Gasteiger partial charge in [0.05, 0.1) is 6.04 Å². The van der Waals surface area contributed by atoms with Crippen molar-refractivity contribution in [3.63, 3.8) is 0 Å². The Kier molecular flexibility index (Phi) is 11.4. The molecule has 144 valence electrons. The zero-order chi connectivity index (χ0) is 16.8. The van der Waals surface area contributed by atoms with Crippen LogP contribution in [-0.2, 0) is 4.79 Å². The van der Waals surface area contributed by atoms with Crippen LogP contribution in [0.2, 0.25) is 0 Å². The van der Waals surface area contributed by atoms with Gasteiger partial charge < -0.3 is 11.1 Å². The number of nitrogens with one attached hydrogen (secondary N) is 1. The molecule has 1 fully saturated rings. The van der Waals surface area contributed by atoms with Crippen LogP contribution < -0.4 is 11.1 Å². The quantitative estimate of drug-likeness (QED) is 0.781. The minimum Gasteiger partial charge on any atom is -0.352 e. The van der Waals surface area contributed by atoms with E-state index < -0.39 is 0 Å². The molecule has 0 spiro atoms. The monoisotopic (exact) mass is 389 g/mol. The van der Waals surface area contributed by atoms with Crippen molar-refractivity contribution < 1.29 is 4.79 Å². The Hall–Kier alpha value is -0.810. The topological polar surface area (TPSA) is 58.4 Å². The first-order valence-electron chi connectivity index (χ1n) is 8.82. The van der Waals surface area contributed by atoms with E-state index in [0.717, 1.165) is 32.4 Å². The second kappa shape index (κ2) is 11.7. The summed E-state index contributed by atoms with van der Waals surface area (Å²) in [4.78, 5) is 14.6. The van der Waals surface area contributed by atoms with E-state index in [-0.39, 0.29) is 42.8 Å². The molecule has 1 heterocycles. The number of amides is 1. The summed E-state index contributed by atoms with van der Waals surface area (Å²) >= 11 is 0. The van der Waals surface area contributed by atoms with E-state index in [1.54, 1.807) is 0 Å². The van der Waals surface area contributed by atoms with Gasteiger partial charge in [-0.15, -0.1) is 24.8 Å². The van der Waals surface area contributed by atoms with Crippen molar-refractivity contribution >= 4 is 30.7 Å². The van der Waals surface area contributed by atoms with Gasteiger partial charge in [0.2, 0.25) is 5.91 Å².